The van der Waals surface area contributed by atoms with Gasteiger partial charge in [-0.2, -0.15) is 0 Å². The predicted molar refractivity (Wildman–Crippen MR) is 68.4 cm³/mol. The number of rotatable bonds is 2. The maximum Gasteiger partial charge on any atom is 0.158 e. The van der Waals surface area contributed by atoms with Gasteiger partial charge in [0.2, 0.25) is 0 Å². The Kier molecular flexibility index (Phi) is 3.10. The van der Waals surface area contributed by atoms with Crippen molar-refractivity contribution >= 4 is 5.78 Å². The molecule has 3 atom stereocenters. The normalized spacial score (nSPS) is 37.0. The summed E-state index contributed by atoms with van der Waals surface area (Å²) < 4.78 is 0. The third-order valence-corrected chi connectivity index (χ3v) is 5.00. The molecule has 0 aromatic heterocycles. The van der Waals surface area contributed by atoms with Gasteiger partial charge in [0.15, 0.2) is 5.78 Å². The Morgan fingerprint density at radius 2 is 2.12 bits per heavy atom. The van der Waals surface area contributed by atoms with Crippen molar-refractivity contribution in [1.82, 2.24) is 0 Å². The minimum absolute atomic E-state index is 0.461. The molecule has 0 saturated heterocycles. The van der Waals surface area contributed by atoms with Crippen molar-refractivity contribution in [1.29, 1.82) is 0 Å². The van der Waals surface area contributed by atoms with Crippen molar-refractivity contribution in [2.45, 2.75) is 58.3 Å². The quantitative estimate of drug-likeness (QED) is 0.701. The van der Waals surface area contributed by atoms with Crippen LogP contribution in [0.15, 0.2) is 11.1 Å². The fraction of sp³-hybridized carbons (Fsp3) is 0.750. The number of carbonyl (C=O) groups is 1. The Labute approximate surface area is 105 Å². The molecule has 0 spiro atoms. The van der Waals surface area contributed by atoms with Gasteiger partial charge >= 0.3 is 0 Å². The van der Waals surface area contributed by atoms with Gasteiger partial charge in [0, 0.05) is 6.42 Å². The first-order valence-electron chi connectivity index (χ1n) is 7.29. The summed E-state index contributed by atoms with van der Waals surface area (Å²) in [5.41, 5.74) is 2.79. The molecule has 3 aliphatic carbocycles. The number of ketones is 1. The molecule has 0 bridgehead atoms. The van der Waals surface area contributed by atoms with E-state index in [1.807, 2.05) is 0 Å². The van der Waals surface area contributed by atoms with Crippen LogP contribution in [0.3, 0.4) is 0 Å². The monoisotopic (exact) mass is 230 g/mol. The molecule has 0 aromatic rings. The molecule has 2 saturated carbocycles. The van der Waals surface area contributed by atoms with Crippen molar-refractivity contribution < 1.29 is 4.79 Å². The van der Waals surface area contributed by atoms with Crippen LogP contribution in [0.25, 0.3) is 0 Å². The van der Waals surface area contributed by atoms with Crippen molar-refractivity contribution in [3.05, 3.63) is 17.6 Å². The van der Waals surface area contributed by atoms with Gasteiger partial charge in [-0.1, -0.05) is 18.9 Å². The molecule has 0 aromatic carbocycles. The van der Waals surface area contributed by atoms with Gasteiger partial charge in [-0.3, -0.25) is 4.79 Å². The highest BCUT2D eigenvalue weighted by Crippen LogP contribution is 2.51. The van der Waals surface area contributed by atoms with Crippen molar-refractivity contribution in [2.75, 3.05) is 0 Å². The number of hydrogen-bond acceptors (Lipinski definition) is 1. The van der Waals surface area contributed by atoms with Crippen LogP contribution in [-0.2, 0) is 4.79 Å². The van der Waals surface area contributed by atoms with E-state index >= 15 is 0 Å². The van der Waals surface area contributed by atoms with E-state index in [1.165, 1.54) is 31.3 Å². The largest absolute Gasteiger partial charge is 0.295 e. The lowest BCUT2D eigenvalue weighted by Gasteiger charge is -2.40. The Morgan fingerprint density at radius 1 is 1.24 bits per heavy atom. The van der Waals surface area contributed by atoms with Crippen LogP contribution in [0.5, 0.6) is 0 Å². The number of allylic oxidation sites excluding steroid dienone is 2. The molecule has 92 valence electrons. The molecule has 0 amide bonds. The highest BCUT2D eigenvalue weighted by molar-refractivity contribution is 5.97. The summed E-state index contributed by atoms with van der Waals surface area (Å²) in [6, 6.07) is 0. The first-order chi connectivity index (χ1) is 8.31. The van der Waals surface area contributed by atoms with Gasteiger partial charge < -0.3 is 0 Å². The summed E-state index contributed by atoms with van der Waals surface area (Å²) >= 11 is 0. The lowest BCUT2D eigenvalue weighted by Crippen LogP contribution is -2.32. The standard InChI is InChI=1S/C16H22O/c1-2-4-15-14-8-7-11-5-3-6-12(11)13(14)9-10-16(15)17/h11-13H,2-4,6-10H2,1H3. The molecular formula is C16H22O. The number of fused-ring (bicyclic) bond motifs is 3. The Morgan fingerprint density at radius 3 is 2.94 bits per heavy atom. The predicted octanol–water partition coefficient (Wildman–Crippen LogP) is 3.96. The van der Waals surface area contributed by atoms with E-state index in [2.05, 4.69) is 13.3 Å². The lowest BCUT2D eigenvalue weighted by atomic mass is 9.65. The summed E-state index contributed by atoms with van der Waals surface area (Å²) in [7, 11) is 0. The molecule has 0 heterocycles. The first-order valence-corrected chi connectivity index (χ1v) is 7.29. The molecule has 0 N–H and O–H groups in total. The van der Waals surface area contributed by atoms with Gasteiger partial charge in [0.25, 0.3) is 0 Å². The summed E-state index contributed by atoms with van der Waals surface area (Å²) in [5.74, 6) is 2.78. The van der Waals surface area contributed by atoms with Crippen LogP contribution in [-0.4, -0.2) is 5.78 Å². The van der Waals surface area contributed by atoms with Crippen molar-refractivity contribution in [3.8, 4) is 0 Å². The number of hydrogen-bond donors (Lipinski definition) is 0. The smallest absolute Gasteiger partial charge is 0.158 e. The van der Waals surface area contributed by atoms with Gasteiger partial charge in [0.05, 0.1) is 0 Å². The molecular weight excluding hydrogens is 208 g/mol. The van der Waals surface area contributed by atoms with E-state index in [0.29, 0.717) is 5.78 Å². The molecule has 2 fully saturated rings. The van der Waals surface area contributed by atoms with Gasteiger partial charge in [-0.05, 0) is 68.3 Å². The summed E-state index contributed by atoms with van der Waals surface area (Å²) in [6.07, 6.45) is 12.7. The van der Waals surface area contributed by atoms with Gasteiger partial charge in [0.1, 0.15) is 0 Å². The van der Waals surface area contributed by atoms with Crippen LogP contribution in [0.4, 0.5) is 0 Å². The Bertz CT molecular complexity index is 353. The van der Waals surface area contributed by atoms with Crippen molar-refractivity contribution in [2.24, 2.45) is 17.8 Å². The molecule has 17 heavy (non-hydrogen) atoms. The van der Waals surface area contributed by atoms with Gasteiger partial charge in [-0.15, -0.1) is 0 Å². The topological polar surface area (TPSA) is 17.1 Å². The second-order valence-corrected chi connectivity index (χ2v) is 5.87. The van der Waals surface area contributed by atoms with Crippen molar-refractivity contribution in [3.63, 3.8) is 0 Å². The molecule has 3 rings (SSSR count). The number of carbonyl (C=O) groups excluding carboxylic acids is 1. The molecule has 1 heteroatoms. The third kappa shape index (κ3) is 1.88. The highest BCUT2D eigenvalue weighted by Gasteiger charge is 2.42. The van der Waals surface area contributed by atoms with E-state index < -0.39 is 0 Å². The fourth-order valence-electron chi connectivity index (χ4n) is 4.27. The van der Waals surface area contributed by atoms with Crippen LogP contribution in [0.2, 0.25) is 0 Å². The molecule has 3 unspecified atom stereocenters. The molecule has 0 aliphatic heterocycles. The summed E-state index contributed by atoms with van der Waals surface area (Å²) in [5, 5.41) is 0. The van der Waals surface area contributed by atoms with E-state index in [4.69, 9.17) is 0 Å². The SMILES string of the molecule is CCCC1=C2CCC3[C]CCC3C2CCC1=O. The van der Waals surface area contributed by atoms with Crippen LogP contribution in [0, 0.1) is 24.2 Å². The number of Topliss-reactive ketones (excluding diaryl/α,β-unsaturated/α-hetero) is 1. The second-order valence-electron chi connectivity index (χ2n) is 5.87. The maximum absolute atomic E-state index is 12.1. The minimum atomic E-state index is 0.461. The van der Waals surface area contributed by atoms with E-state index in [-0.39, 0.29) is 0 Å². The van der Waals surface area contributed by atoms with Crippen LogP contribution < -0.4 is 0 Å². The van der Waals surface area contributed by atoms with E-state index in [0.717, 1.165) is 43.4 Å². The Balaban J connectivity index is 1.92. The summed E-state index contributed by atoms with van der Waals surface area (Å²) in [4.78, 5) is 12.1. The van der Waals surface area contributed by atoms with E-state index in [1.54, 1.807) is 5.57 Å². The Hall–Kier alpha value is -0.590. The fourth-order valence-corrected chi connectivity index (χ4v) is 4.27. The lowest BCUT2D eigenvalue weighted by molar-refractivity contribution is -0.116. The zero-order valence-electron chi connectivity index (χ0n) is 10.8. The first kappa shape index (κ1) is 11.5. The van der Waals surface area contributed by atoms with Crippen LogP contribution in [0.1, 0.15) is 58.3 Å². The third-order valence-electron chi connectivity index (χ3n) is 5.00. The molecule has 2 radical (unpaired) electrons. The summed E-state index contributed by atoms with van der Waals surface area (Å²) in [6.45, 7) is 2.19. The molecule has 1 nitrogen and oxygen atoms in total. The minimum Gasteiger partial charge on any atom is -0.295 e. The second kappa shape index (κ2) is 4.59. The maximum atomic E-state index is 12.1. The average molecular weight is 230 g/mol. The average Bonchev–Trinajstić information content (AvgIpc) is 2.80. The van der Waals surface area contributed by atoms with Crippen LogP contribution >= 0.6 is 0 Å². The van der Waals surface area contributed by atoms with E-state index in [9.17, 15) is 4.79 Å². The zero-order chi connectivity index (χ0) is 11.8. The van der Waals surface area contributed by atoms with Gasteiger partial charge in [-0.25, -0.2) is 0 Å². The zero-order valence-corrected chi connectivity index (χ0v) is 10.8. The highest BCUT2D eigenvalue weighted by atomic mass is 16.1. The molecule has 3 aliphatic rings.